The molecule has 0 bridgehead atoms. The summed E-state index contributed by atoms with van der Waals surface area (Å²) in [5, 5.41) is 5.53. The second-order valence-corrected chi connectivity index (χ2v) is 6.77. The van der Waals surface area contributed by atoms with Crippen molar-refractivity contribution in [1.29, 1.82) is 0 Å². The van der Waals surface area contributed by atoms with E-state index in [1.165, 1.54) is 0 Å². The first-order valence-corrected chi connectivity index (χ1v) is 8.66. The minimum atomic E-state index is -0.605. The summed E-state index contributed by atoms with van der Waals surface area (Å²) in [6, 6.07) is 1.56. The molecule has 1 amide bonds. The summed E-state index contributed by atoms with van der Waals surface area (Å²) in [5.74, 6) is -1.25. The largest absolute Gasteiger partial charge is 0.424 e. The van der Waals surface area contributed by atoms with Crippen molar-refractivity contribution in [2.24, 2.45) is 11.8 Å². The number of anilines is 1. The van der Waals surface area contributed by atoms with Crippen molar-refractivity contribution in [3.63, 3.8) is 0 Å². The zero-order valence-electron chi connectivity index (χ0n) is 14.7. The average molecular weight is 358 g/mol. The summed E-state index contributed by atoms with van der Waals surface area (Å²) in [5.41, 5.74) is 0.858. The maximum atomic E-state index is 12.7. The number of carbonyl (C=O) groups is 3. The highest BCUT2D eigenvalue weighted by atomic mass is 16.4. The second-order valence-electron chi connectivity index (χ2n) is 6.77. The molecule has 3 rings (SSSR count). The number of rotatable bonds is 7. The number of nitrogens with one attached hydrogen (secondary N) is 3. The van der Waals surface area contributed by atoms with Gasteiger partial charge in [0.15, 0.2) is 11.5 Å². The van der Waals surface area contributed by atoms with E-state index in [2.05, 4.69) is 20.6 Å². The van der Waals surface area contributed by atoms with Crippen LogP contribution < -0.4 is 10.6 Å². The molecule has 3 N–H and O–H groups in total. The van der Waals surface area contributed by atoms with Crippen molar-refractivity contribution in [3.8, 4) is 11.3 Å². The number of aromatic nitrogens is 2. The van der Waals surface area contributed by atoms with E-state index < -0.39 is 23.7 Å². The molecule has 1 fully saturated rings. The van der Waals surface area contributed by atoms with Gasteiger partial charge in [0.1, 0.15) is 0 Å². The first kappa shape index (κ1) is 17.9. The number of aromatic amines is 1. The number of H-pyrrole nitrogens is 1. The molecule has 0 saturated carbocycles. The summed E-state index contributed by atoms with van der Waals surface area (Å²) in [6.45, 7) is 4.23. The Bertz CT molecular complexity index is 794. The molecule has 2 aromatic rings. The van der Waals surface area contributed by atoms with Gasteiger partial charge in [-0.25, -0.2) is 4.98 Å². The monoisotopic (exact) mass is 358 g/mol. The van der Waals surface area contributed by atoms with Gasteiger partial charge in [0.25, 0.3) is 11.9 Å². The average Bonchev–Trinajstić information content (AvgIpc) is 3.27. The van der Waals surface area contributed by atoms with E-state index in [0.717, 1.165) is 5.56 Å². The lowest BCUT2D eigenvalue weighted by Crippen LogP contribution is -2.45. The van der Waals surface area contributed by atoms with Crippen molar-refractivity contribution in [1.82, 2.24) is 15.3 Å². The highest BCUT2D eigenvalue weighted by Gasteiger charge is 2.34. The Morgan fingerprint density at radius 3 is 2.92 bits per heavy atom. The fourth-order valence-corrected chi connectivity index (χ4v) is 3.03. The van der Waals surface area contributed by atoms with Gasteiger partial charge in [0, 0.05) is 36.8 Å². The SMILES string of the molecule is CC(C)C(Nc1ncc(-c2cc[nH]c2)o1)C(=O)CC1CCNC(=O)C1=O. The summed E-state index contributed by atoms with van der Waals surface area (Å²) >= 11 is 0. The minimum Gasteiger partial charge on any atom is -0.424 e. The molecular formula is C18H22N4O4. The number of ketones is 2. The molecule has 2 aromatic heterocycles. The topological polar surface area (TPSA) is 117 Å². The second kappa shape index (κ2) is 7.55. The number of hydrogen-bond acceptors (Lipinski definition) is 6. The van der Waals surface area contributed by atoms with Gasteiger partial charge in [0.05, 0.1) is 12.2 Å². The Balaban J connectivity index is 1.68. The molecule has 8 nitrogen and oxygen atoms in total. The summed E-state index contributed by atoms with van der Waals surface area (Å²) < 4.78 is 5.66. The fraction of sp³-hybridized carbons (Fsp3) is 0.444. The van der Waals surface area contributed by atoms with Crippen LogP contribution in [0.15, 0.2) is 29.1 Å². The van der Waals surface area contributed by atoms with Crippen molar-refractivity contribution in [2.75, 3.05) is 11.9 Å². The molecule has 1 aliphatic rings. The smallest absolute Gasteiger partial charge is 0.295 e. The van der Waals surface area contributed by atoms with Crippen molar-refractivity contribution >= 4 is 23.5 Å². The number of carbonyl (C=O) groups excluding carboxylic acids is 3. The van der Waals surface area contributed by atoms with Crippen LogP contribution >= 0.6 is 0 Å². The van der Waals surface area contributed by atoms with Crippen LogP contribution in [0.1, 0.15) is 26.7 Å². The first-order chi connectivity index (χ1) is 12.5. The Morgan fingerprint density at radius 1 is 1.42 bits per heavy atom. The molecule has 1 saturated heterocycles. The van der Waals surface area contributed by atoms with E-state index in [1.807, 2.05) is 19.9 Å². The molecule has 3 heterocycles. The number of hydrogen-bond donors (Lipinski definition) is 3. The van der Waals surface area contributed by atoms with Gasteiger partial charge in [-0.2, -0.15) is 0 Å². The van der Waals surface area contributed by atoms with Crippen molar-refractivity contribution in [2.45, 2.75) is 32.7 Å². The van der Waals surface area contributed by atoms with Gasteiger partial charge in [-0.05, 0) is 18.4 Å². The van der Waals surface area contributed by atoms with Crippen LogP contribution in [0, 0.1) is 11.8 Å². The standard InChI is InChI=1S/C18H22N4O4/c1-10(2)15(13(23)7-11-4-6-20-17(25)16(11)24)22-18-21-9-14(26-18)12-3-5-19-8-12/h3,5,8-11,15,19H,4,6-7H2,1-2H3,(H,20,25)(H,21,22). The van der Waals surface area contributed by atoms with Crippen LogP contribution in [-0.2, 0) is 14.4 Å². The quantitative estimate of drug-likeness (QED) is 0.650. The number of Topliss-reactive ketones (excluding diaryl/α,β-unsaturated/α-hetero) is 2. The number of nitrogens with zero attached hydrogens (tertiary/aromatic N) is 1. The van der Waals surface area contributed by atoms with Gasteiger partial charge in [0.2, 0.25) is 5.78 Å². The lowest BCUT2D eigenvalue weighted by molar-refractivity contribution is -0.143. The first-order valence-electron chi connectivity index (χ1n) is 8.66. The Hall–Kier alpha value is -2.90. The van der Waals surface area contributed by atoms with Gasteiger partial charge in [-0.3, -0.25) is 14.4 Å². The molecule has 1 aliphatic heterocycles. The van der Waals surface area contributed by atoms with Gasteiger partial charge in [-0.1, -0.05) is 13.8 Å². The molecular weight excluding hydrogens is 336 g/mol. The van der Waals surface area contributed by atoms with Crippen molar-refractivity contribution in [3.05, 3.63) is 24.7 Å². The van der Waals surface area contributed by atoms with Gasteiger partial charge in [-0.15, -0.1) is 0 Å². The third-order valence-electron chi connectivity index (χ3n) is 4.50. The number of piperidine rings is 1. The Labute approximate surface area is 150 Å². The highest BCUT2D eigenvalue weighted by molar-refractivity contribution is 6.37. The molecule has 26 heavy (non-hydrogen) atoms. The molecule has 2 unspecified atom stereocenters. The maximum Gasteiger partial charge on any atom is 0.295 e. The van der Waals surface area contributed by atoms with Crippen LogP contribution in [0.3, 0.4) is 0 Å². The predicted molar refractivity (Wildman–Crippen MR) is 94.3 cm³/mol. The summed E-state index contributed by atoms with van der Waals surface area (Å²) in [7, 11) is 0. The zero-order valence-corrected chi connectivity index (χ0v) is 14.7. The lowest BCUT2D eigenvalue weighted by Gasteiger charge is -2.24. The maximum absolute atomic E-state index is 12.7. The highest BCUT2D eigenvalue weighted by Crippen LogP contribution is 2.24. The lowest BCUT2D eigenvalue weighted by atomic mass is 9.87. The molecule has 0 spiro atoms. The van der Waals surface area contributed by atoms with E-state index in [1.54, 1.807) is 18.6 Å². The molecule has 0 aliphatic carbocycles. The van der Waals surface area contributed by atoms with Crippen LogP contribution in [0.25, 0.3) is 11.3 Å². The van der Waals surface area contributed by atoms with Crippen LogP contribution in [-0.4, -0.2) is 40.0 Å². The Kier molecular flexibility index (Phi) is 5.20. The van der Waals surface area contributed by atoms with E-state index >= 15 is 0 Å². The third kappa shape index (κ3) is 3.84. The molecule has 0 aromatic carbocycles. The predicted octanol–water partition coefficient (Wildman–Crippen LogP) is 1.77. The van der Waals surface area contributed by atoms with Crippen LogP contribution in [0.5, 0.6) is 0 Å². The number of amides is 1. The van der Waals surface area contributed by atoms with E-state index in [-0.39, 0.29) is 24.1 Å². The third-order valence-corrected chi connectivity index (χ3v) is 4.50. The molecule has 2 atom stereocenters. The Morgan fingerprint density at radius 2 is 2.23 bits per heavy atom. The van der Waals surface area contributed by atoms with Crippen molar-refractivity contribution < 1.29 is 18.8 Å². The molecule has 0 radical (unpaired) electrons. The number of oxazole rings is 1. The van der Waals surface area contributed by atoms with E-state index in [9.17, 15) is 14.4 Å². The van der Waals surface area contributed by atoms with Gasteiger partial charge >= 0.3 is 0 Å². The minimum absolute atomic E-state index is 0.0300. The zero-order chi connectivity index (χ0) is 18.7. The van der Waals surface area contributed by atoms with Gasteiger partial charge < -0.3 is 20.0 Å². The fourth-order valence-electron chi connectivity index (χ4n) is 3.03. The van der Waals surface area contributed by atoms with Crippen LogP contribution in [0.4, 0.5) is 6.01 Å². The molecule has 138 valence electrons. The summed E-state index contributed by atoms with van der Waals surface area (Å²) in [6.07, 6.45) is 5.67. The molecule has 8 heteroatoms. The normalized spacial score (nSPS) is 18.7. The van der Waals surface area contributed by atoms with Crippen LogP contribution in [0.2, 0.25) is 0 Å². The van der Waals surface area contributed by atoms with E-state index in [4.69, 9.17) is 4.42 Å². The van der Waals surface area contributed by atoms with E-state index in [0.29, 0.717) is 18.7 Å². The summed E-state index contributed by atoms with van der Waals surface area (Å²) in [4.78, 5) is 43.2.